The summed E-state index contributed by atoms with van der Waals surface area (Å²) in [7, 11) is 2.09. The Balaban J connectivity index is 0.000000913. The second-order valence-corrected chi connectivity index (χ2v) is 8.01. The van der Waals surface area contributed by atoms with E-state index in [1.807, 2.05) is 21.9 Å². The van der Waals surface area contributed by atoms with Crippen molar-refractivity contribution in [3.63, 3.8) is 0 Å². The summed E-state index contributed by atoms with van der Waals surface area (Å²) in [5.74, 6) is 0.131. The van der Waals surface area contributed by atoms with E-state index >= 15 is 0 Å². The predicted octanol–water partition coefficient (Wildman–Crippen LogP) is 0.801. The van der Waals surface area contributed by atoms with Gasteiger partial charge in [0.1, 0.15) is 0 Å². The fourth-order valence-corrected chi connectivity index (χ4v) is 4.06. The van der Waals surface area contributed by atoms with Crippen molar-refractivity contribution in [2.24, 2.45) is 0 Å². The third-order valence-electron chi connectivity index (χ3n) is 5.85. The molecule has 0 aliphatic carbocycles. The lowest BCUT2D eigenvalue weighted by Gasteiger charge is -2.27. The highest BCUT2D eigenvalue weighted by molar-refractivity contribution is 5.94. The van der Waals surface area contributed by atoms with Crippen molar-refractivity contribution in [1.82, 2.24) is 29.9 Å². The lowest BCUT2D eigenvalue weighted by Crippen LogP contribution is -2.38. The average molecular weight is 443 g/mol. The topological polar surface area (TPSA) is 123 Å². The van der Waals surface area contributed by atoms with Crippen LogP contribution in [0.15, 0.2) is 24.5 Å². The quantitative estimate of drug-likeness (QED) is 0.672. The first-order valence-electron chi connectivity index (χ1n) is 10.8. The molecular weight excluding hydrogens is 412 g/mol. The van der Waals surface area contributed by atoms with Crippen molar-refractivity contribution in [2.45, 2.75) is 32.2 Å². The Kier molecular flexibility index (Phi) is 8.32. The van der Waals surface area contributed by atoms with E-state index in [1.54, 1.807) is 12.4 Å². The van der Waals surface area contributed by atoms with Gasteiger partial charge in [0.15, 0.2) is 5.69 Å². The van der Waals surface area contributed by atoms with E-state index in [9.17, 15) is 9.59 Å². The Morgan fingerprint density at radius 1 is 1.19 bits per heavy atom. The van der Waals surface area contributed by atoms with Gasteiger partial charge in [-0.05, 0) is 44.5 Å². The molecule has 4 heterocycles. The minimum Gasteiger partial charge on any atom is -0.483 e. The number of fused-ring (bicyclic) bond motifs is 1. The fourth-order valence-electron chi connectivity index (χ4n) is 4.06. The number of carbonyl (C=O) groups excluding carboxylic acids is 2. The van der Waals surface area contributed by atoms with Crippen molar-refractivity contribution in [1.29, 1.82) is 0 Å². The first-order chi connectivity index (χ1) is 15.5. The summed E-state index contributed by atoms with van der Waals surface area (Å²) in [6, 6.07) is 3.88. The first kappa shape index (κ1) is 23.4. The molecule has 0 spiro atoms. The smallest absolute Gasteiger partial charge is 0.290 e. The molecule has 0 atom stereocenters. The second kappa shape index (κ2) is 11.4. The van der Waals surface area contributed by atoms with Crippen LogP contribution in [0.5, 0.6) is 0 Å². The number of carbonyl (C=O) groups is 3. The summed E-state index contributed by atoms with van der Waals surface area (Å²) in [6.45, 7) is 4.27. The number of H-pyrrole nitrogens is 1. The Labute approximate surface area is 187 Å². The molecule has 4 rings (SSSR count). The van der Waals surface area contributed by atoms with Crippen molar-refractivity contribution in [3.05, 3.63) is 47.0 Å². The maximum Gasteiger partial charge on any atom is 0.290 e. The molecule has 0 bridgehead atoms. The van der Waals surface area contributed by atoms with E-state index in [0.29, 0.717) is 38.0 Å². The largest absolute Gasteiger partial charge is 0.483 e. The number of hydrogen-bond acceptors (Lipinski definition) is 6. The van der Waals surface area contributed by atoms with Gasteiger partial charge in [0, 0.05) is 50.6 Å². The molecule has 10 heteroatoms. The molecule has 172 valence electrons. The van der Waals surface area contributed by atoms with E-state index in [1.165, 1.54) is 0 Å². The van der Waals surface area contributed by atoms with E-state index in [2.05, 4.69) is 27.1 Å². The van der Waals surface area contributed by atoms with Gasteiger partial charge in [-0.25, -0.2) is 0 Å². The standard InChI is InChI=1S/C21H28N6O2.CH2O2/c1-25-9-3-10-26(13-12-25)21(29)20-17-7-11-27(15-18(17)23-24-20)19(28)6-5-16-4-2-8-22-14-16;2-1-3/h2,4,8,14H,3,5-7,9-13,15H2,1H3,(H,23,24);1H,(H,2,3). The summed E-state index contributed by atoms with van der Waals surface area (Å²) >= 11 is 0. The molecule has 0 unspecified atom stereocenters. The molecule has 0 aromatic carbocycles. The van der Waals surface area contributed by atoms with Crippen LogP contribution in [0.1, 0.15) is 40.2 Å². The van der Waals surface area contributed by atoms with Crippen molar-refractivity contribution in [2.75, 3.05) is 39.8 Å². The fraction of sp³-hybridized carbons (Fsp3) is 0.500. The molecule has 32 heavy (non-hydrogen) atoms. The van der Waals surface area contributed by atoms with Crippen LogP contribution < -0.4 is 0 Å². The van der Waals surface area contributed by atoms with Crippen LogP contribution in [0.2, 0.25) is 0 Å². The van der Waals surface area contributed by atoms with Crippen molar-refractivity contribution >= 4 is 18.3 Å². The number of rotatable bonds is 4. The van der Waals surface area contributed by atoms with Gasteiger partial charge in [0.2, 0.25) is 5.91 Å². The molecule has 2 aliphatic rings. The van der Waals surface area contributed by atoms with Crippen LogP contribution in [-0.4, -0.2) is 93.0 Å². The Bertz CT molecular complexity index is 916. The summed E-state index contributed by atoms with van der Waals surface area (Å²) in [6.07, 6.45) is 6.33. The lowest BCUT2D eigenvalue weighted by atomic mass is 10.0. The van der Waals surface area contributed by atoms with Crippen LogP contribution in [-0.2, 0) is 29.0 Å². The first-order valence-corrected chi connectivity index (χ1v) is 10.8. The minimum atomic E-state index is -0.250. The van der Waals surface area contributed by atoms with E-state index in [4.69, 9.17) is 9.90 Å². The zero-order chi connectivity index (χ0) is 22.9. The summed E-state index contributed by atoms with van der Waals surface area (Å²) in [5, 5.41) is 14.2. The Morgan fingerprint density at radius 3 is 2.75 bits per heavy atom. The number of aryl methyl sites for hydroxylation is 1. The molecule has 2 amide bonds. The number of likely N-dealkylation sites (N-methyl/N-ethyl adjacent to an activating group) is 1. The monoisotopic (exact) mass is 442 g/mol. The summed E-state index contributed by atoms with van der Waals surface area (Å²) in [5.41, 5.74) is 3.47. The molecule has 1 saturated heterocycles. The molecule has 2 aromatic rings. The maximum absolute atomic E-state index is 13.0. The lowest BCUT2D eigenvalue weighted by molar-refractivity contribution is -0.132. The molecule has 2 aliphatic heterocycles. The van der Waals surface area contributed by atoms with Gasteiger partial charge in [-0.15, -0.1) is 0 Å². The molecule has 2 aromatic heterocycles. The molecule has 0 radical (unpaired) electrons. The highest BCUT2D eigenvalue weighted by Crippen LogP contribution is 2.22. The van der Waals surface area contributed by atoms with Gasteiger partial charge in [-0.2, -0.15) is 5.10 Å². The Morgan fingerprint density at radius 2 is 2.00 bits per heavy atom. The van der Waals surface area contributed by atoms with E-state index in [0.717, 1.165) is 49.4 Å². The Hall–Kier alpha value is -3.27. The molecule has 1 fully saturated rings. The van der Waals surface area contributed by atoms with Gasteiger partial charge in [0.25, 0.3) is 12.4 Å². The van der Waals surface area contributed by atoms with Crippen molar-refractivity contribution < 1.29 is 19.5 Å². The number of pyridine rings is 1. The number of amides is 2. The highest BCUT2D eigenvalue weighted by atomic mass is 16.3. The van der Waals surface area contributed by atoms with Gasteiger partial charge in [0.05, 0.1) is 12.2 Å². The van der Waals surface area contributed by atoms with Crippen LogP contribution in [0.3, 0.4) is 0 Å². The maximum atomic E-state index is 13.0. The van der Waals surface area contributed by atoms with Gasteiger partial charge in [-0.1, -0.05) is 6.07 Å². The normalized spacial score (nSPS) is 16.4. The molecule has 2 N–H and O–H groups in total. The average Bonchev–Trinajstić information content (AvgIpc) is 3.11. The van der Waals surface area contributed by atoms with E-state index < -0.39 is 0 Å². The molecular formula is C22H30N6O4. The van der Waals surface area contributed by atoms with Crippen molar-refractivity contribution in [3.8, 4) is 0 Å². The SMILES string of the molecule is CN1CCCN(C(=O)c2n[nH]c3c2CCN(C(=O)CCc2cccnc2)C3)CC1.O=CO. The second-order valence-electron chi connectivity index (χ2n) is 8.01. The summed E-state index contributed by atoms with van der Waals surface area (Å²) in [4.78, 5) is 44.1. The van der Waals surface area contributed by atoms with Gasteiger partial charge >= 0.3 is 0 Å². The highest BCUT2D eigenvalue weighted by Gasteiger charge is 2.29. The number of hydrogen-bond donors (Lipinski definition) is 2. The third-order valence-corrected chi connectivity index (χ3v) is 5.85. The van der Waals surface area contributed by atoms with Crippen LogP contribution in [0.4, 0.5) is 0 Å². The number of carboxylic acid groups (broad SMARTS) is 1. The zero-order valence-electron chi connectivity index (χ0n) is 18.4. The van der Waals surface area contributed by atoms with Gasteiger partial charge < -0.3 is 19.8 Å². The molecule has 0 saturated carbocycles. The number of aromatic amines is 1. The number of nitrogens with one attached hydrogen (secondary N) is 1. The van der Waals surface area contributed by atoms with E-state index in [-0.39, 0.29) is 18.3 Å². The number of aromatic nitrogens is 3. The summed E-state index contributed by atoms with van der Waals surface area (Å²) < 4.78 is 0. The minimum absolute atomic E-state index is 0.00848. The predicted molar refractivity (Wildman–Crippen MR) is 117 cm³/mol. The molecule has 10 nitrogen and oxygen atoms in total. The number of nitrogens with zero attached hydrogens (tertiary/aromatic N) is 5. The van der Waals surface area contributed by atoms with Crippen LogP contribution >= 0.6 is 0 Å². The third kappa shape index (κ3) is 5.91. The van der Waals surface area contributed by atoms with Gasteiger partial charge in [-0.3, -0.25) is 24.5 Å². The van der Waals surface area contributed by atoms with Crippen LogP contribution in [0.25, 0.3) is 0 Å². The zero-order valence-corrected chi connectivity index (χ0v) is 18.4. The van der Waals surface area contributed by atoms with Crippen LogP contribution in [0, 0.1) is 0 Å².